The number of hydrogen-bond acceptors (Lipinski definition) is 7. The summed E-state index contributed by atoms with van der Waals surface area (Å²) in [5.41, 5.74) is 0.473. The van der Waals surface area contributed by atoms with Crippen molar-refractivity contribution >= 4 is 40.9 Å². The molecule has 0 radical (unpaired) electrons. The van der Waals surface area contributed by atoms with E-state index < -0.39 is 16.7 Å². The molecule has 28 heavy (non-hydrogen) atoms. The normalized spacial score (nSPS) is 15.8. The van der Waals surface area contributed by atoms with Gasteiger partial charge in [-0.2, -0.15) is 0 Å². The topological polar surface area (TPSA) is 115 Å². The van der Waals surface area contributed by atoms with Gasteiger partial charge in [-0.3, -0.25) is 29.9 Å². The highest BCUT2D eigenvalue weighted by Gasteiger charge is 2.33. The summed E-state index contributed by atoms with van der Waals surface area (Å²) in [6.45, 7) is 0.470. The van der Waals surface area contributed by atoms with E-state index in [4.69, 9.17) is 21.4 Å². The van der Waals surface area contributed by atoms with Crippen molar-refractivity contribution in [2.75, 3.05) is 20.3 Å². The zero-order valence-corrected chi connectivity index (χ0v) is 15.5. The molecule has 1 fully saturated rings. The van der Waals surface area contributed by atoms with Crippen molar-refractivity contribution in [1.82, 2.24) is 10.2 Å². The minimum absolute atomic E-state index is 0.0233. The van der Waals surface area contributed by atoms with Crippen LogP contribution >= 0.6 is 12.2 Å². The first kappa shape index (κ1) is 19.4. The fourth-order valence-electron chi connectivity index (χ4n) is 2.55. The molecule has 0 saturated carbocycles. The molecular formula is C18H15N3O6S. The van der Waals surface area contributed by atoms with Crippen molar-refractivity contribution in [3.63, 3.8) is 0 Å². The van der Waals surface area contributed by atoms with Gasteiger partial charge in [0, 0.05) is 24.8 Å². The van der Waals surface area contributed by atoms with Crippen molar-refractivity contribution in [2.24, 2.45) is 0 Å². The molecule has 0 unspecified atom stereocenters. The molecule has 9 nitrogen and oxygen atoms in total. The number of hydrogen-bond donors (Lipinski definition) is 1. The second-order valence-electron chi connectivity index (χ2n) is 5.77. The number of carbonyl (C=O) groups is 2. The molecule has 1 aromatic carbocycles. The van der Waals surface area contributed by atoms with E-state index in [9.17, 15) is 19.7 Å². The fraction of sp³-hybridized carbons (Fsp3) is 0.167. The summed E-state index contributed by atoms with van der Waals surface area (Å²) in [6.07, 6.45) is 1.33. The number of benzene rings is 1. The standard InChI is InChI=1S/C18H15N3O6S/c1-26-9-8-20-17(23)14(16(22)19-18(20)28)10-13-6-7-15(27-13)11-2-4-12(5-3-11)21(24)25/h2-7,10H,8-9H2,1H3,(H,19,22,28)/b14-10+. The highest BCUT2D eigenvalue weighted by Crippen LogP contribution is 2.26. The molecule has 144 valence electrons. The molecular weight excluding hydrogens is 386 g/mol. The summed E-state index contributed by atoms with van der Waals surface area (Å²) in [6, 6.07) is 9.07. The first-order chi connectivity index (χ1) is 13.4. The van der Waals surface area contributed by atoms with Crippen LogP contribution < -0.4 is 5.32 Å². The van der Waals surface area contributed by atoms with Crippen molar-refractivity contribution in [1.29, 1.82) is 0 Å². The third-order valence-electron chi connectivity index (χ3n) is 3.98. The summed E-state index contributed by atoms with van der Waals surface area (Å²) in [4.78, 5) is 36.2. The van der Waals surface area contributed by atoms with Crippen LogP contribution in [-0.2, 0) is 14.3 Å². The van der Waals surface area contributed by atoms with Gasteiger partial charge in [0.2, 0.25) is 0 Å². The Kier molecular flexibility index (Phi) is 5.62. The zero-order valence-electron chi connectivity index (χ0n) is 14.7. The van der Waals surface area contributed by atoms with Crippen LogP contribution in [0.5, 0.6) is 0 Å². The Morgan fingerprint density at radius 1 is 1.25 bits per heavy atom. The average Bonchev–Trinajstić information content (AvgIpc) is 3.14. The third kappa shape index (κ3) is 3.97. The van der Waals surface area contributed by atoms with Crippen LogP contribution in [0.3, 0.4) is 0 Å². The van der Waals surface area contributed by atoms with E-state index in [1.807, 2.05) is 0 Å². The van der Waals surface area contributed by atoms with Crippen LogP contribution in [0, 0.1) is 10.1 Å². The van der Waals surface area contributed by atoms with Crippen LogP contribution in [0.15, 0.2) is 46.4 Å². The molecule has 0 bridgehead atoms. The molecule has 1 aromatic heterocycles. The molecule has 0 atom stereocenters. The number of thiocarbonyl (C=S) groups is 1. The van der Waals surface area contributed by atoms with Crippen LogP contribution in [0.4, 0.5) is 5.69 Å². The number of rotatable bonds is 6. The number of carbonyl (C=O) groups excluding carboxylic acids is 2. The monoisotopic (exact) mass is 401 g/mol. The molecule has 2 amide bonds. The van der Waals surface area contributed by atoms with Gasteiger partial charge < -0.3 is 9.15 Å². The van der Waals surface area contributed by atoms with E-state index in [0.717, 1.165) is 0 Å². The lowest BCUT2D eigenvalue weighted by molar-refractivity contribution is -0.384. The van der Waals surface area contributed by atoms with Crippen LogP contribution in [0.25, 0.3) is 17.4 Å². The lowest BCUT2D eigenvalue weighted by Gasteiger charge is -2.28. The average molecular weight is 401 g/mol. The van der Waals surface area contributed by atoms with Crippen molar-refractivity contribution in [3.8, 4) is 11.3 Å². The van der Waals surface area contributed by atoms with Crippen molar-refractivity contribution in [3.05, 3.63) is 57.8 Å². The van der Waals surface area contributed by atoms with E-state index in [0.29, 0.717) is 11.3 Å². The van der Waals surface area contributed by atoms with Gasteiger partial charge in [-0.05, 0) is 42.6 Å². The highest BCUT2D eigenvalue weighted by atomic mass is 32.1. The number of ether oxygens (including phenoxy) is 1. The number of amides is 2. The van der Waals surface area contributed by atoms with Gasteiger partial charge in [0.05, 0.1) is 18.1 Å². The predicted molar refractivity (Wildman–Crippen MR) is 103 cm³/mol. The van der Waals surface area contributed by atoms with E-state index >= 15 is 0 Å². The van der Waals surface area contributed by atoms with Crippen LogP contribution in [0.1, 0.15) is 5.76 Å². The van der Waals surface area contributed by atoms with E-state index in [2.05, 4.69) is 5.32 Å². The second kappa shape index (κ2) is 8.11. The minimum atomic E-state index is -0.614. The number of furan rings is 1. The Morgan fingerprint density at radius 3 is 2.61 bits per heavy atom. The van der Waals surface area contributed by atoms with Gasteiger partial charge in [0.15, 0.2) is 5.11 Å². The van der Waals surface area contributed by atoms with Crippen LogP contribution in [-0.4, -0.2) is 47.0 Å². The number of methoxy groups -OCH3 is 1. The first-order valence-electron chi connectivity index (χ1n) is 8.13. The lowest BCUT2D eigenvalue weighted by Crippen LogP contribution is -2.54. The maximum Gasteiger partial charge on any atom is 0.269 e. The number of nitro groups is 1. The minimum Gasteiger partial charge on any atom is -0.457 e. The SMILES string of the molecule is COCCN1C(=O)/C(=C/c2ccc(-c3ccc([N+](=O)[O-])cc3)o2)C(=O)NC1=S. The third-order valence-corrected chi connectivity index (χ3v) is 4.30. The molecule has 0 aliphatic carbocycles. The maximum atomic E-state index is 12.6. The maximum absolute atomic E-state index is 12.6. The Hall–Kier alpha value is -3.37. The fourth-order valence-corrected chi connectivity index (χ4v) is 2.82. The summed E-state index contributed by atoms with van der Waals surface area (Å²) in [7, 11) is 1.50. The Morgan fingerprint density at radius 2 is 1.96 bits per heavy atom. The Labute approximate surface area is 164 Å². The molecule has 1 saturated heterocycles. The van der Waals surface area contributed by atoms with Gasteiger partial charge in [-0.1, -0.05) is 0 Å². The number of nitrogens with one attached hydrogen (secondary N) is 1. The molecule has 2 heterocycles. The summed E-state index contributed by atoms with van der Waals surface area (Å²) >= 11 is 5.03. The number of nitro benzene ring substituents is 1. The molecule has 1 aliphatic rings. The quantitative estimate of drug-likeness (QED) is 0.259. The summed E-state index contributed by atoms with van der Waals surface area (Å²) in [5, 5.41) is 13.2. The van der Waals surface area contributed by atoms with Crippen LogP contribution in [0.2, 0.25) is 0 Å². The largest absolute Gasteiger partial charge is 0.457 e. The first-order valence-corrected chi connectivity index (χ1v) is 8.54. The van der Waals surface area contributed by atoms with Gasteiger partial charge in [-0.15, -0.1) is 0 Å². The molecule has 1 N–H and O–H groups in total. The zero-order chi connectivity index (χ0) is 20.3. The molecule has 10 heteroatoms. The van der Waals surface area contributed by atoms with Crippen molar-refractivity contribution < 1.29 is 23.7 Å². The van der Waals surface area contributed by atoms with Crippen molar-refractivity contribution in [2.45, 2.75) is 0 Å². The molecule has 2 aromatic rings. The van der Waals surface area contributed by atoms with E-state index in [-0.39, 0.29) is 35.3 Å². The predicted octanol–water partition coefficient (Wildman–Crippen LogP) is 2.13. The second-order valence-corrected chi connectivity index (χ2v) is 6.16. The number of non-ortho nitro benzene ring substituents is 1. The van der Waals surface area contributed by atoms with E-state index in [1.54, 1.807) is 24.3 Å². The summed E-state index contributed by atoms with van der Waals surface area (Å²) in [5.74, 6) is -0.431. The highest BCUT2D eigenvalue weighted by molar-refractivity contribution is 7.80. The van der Waals surface area contributed by atoms with Gasteiger partial charge >= 0.3 is 0 Å². The molecule has 1 aliphatic heterocycles. The molecule has 0 spiro atoms. The van der Waals surface area contributed by atoms with E-state index in [1.165, 1.54) is 30.2 Å². The van der Waals surface area contributed by atoms with Gasteiger partial charge in [0.25, 0.3) is 17.5 Å². The molecule has 3 rings (SSSR count). The Bertz CT molecular complexity index is 979. The van der Waals surface area contributed by atoms with Gasteiger partial charge in [0.1, 0.15) is 17.1 Å². The van der Waals surface area contributed by atoms with Gasteiger partial charge in [-0.25, -0.2) is 0 Å². The summed E-state index contributed by atoms with van der Waals surface area (Å²) < 4.78 is 10.6. The smallest absolute Gasteiger partial charge is 0.269 e. The lowest BCUT2D eigenvalue weighted by atomic mass is 10.1. The number of nitrogens with zero attached hydrogens (tertiary/aromatic N) is 2. The Balaban J connectivity index is 1.84.